The molecule has 160 valence electrons. The van der Waals surface area contributed by atoms with Gasteiger partial charge in [0.05, 0.1) is 0 Å². The molecule has 2 heteroatoms. The average Bonchev–Trinajstić information content (AvgIpc) is 2.75. The van der Waals surface area contributed by atoms with Gasteiger partial charge in [0.25, 0.3) is 0 Å². The lowest BCUT2D eigenvalue weighted by Crippen LogP contribution is -1.96. The Hall–Kier alpha value is -2.74. The van der Waals surface area contributed by atoms with Crippen molar-refractivity contribution in [1.82, 2.24) is 0 Å². The van der Waals surface area contributed by atoms with Crippen molar-refractivity contribution in [2.24, 2.45) is 0 Å². The molecule has 0 heterocycles. The zero-order valence-electron chi connectivity index (χ0n) is 18.9. The maximum absolute atomic E-state index is 14.6. The molecule has 0 radical (unpaired) electrons. The minimum absolute atomic E-state index is 0.304. The third-order valence-electron chi connectivity index (χ3n) is 5.08. The van der Waals surface area contributed by atoms with Gasteiger partial charge in [-0.15, -0.1) is 0 Å². The zero-order chi connectivity index (χ0) is 22.8. The number of rotatable bonds is 7. The molecule has 0 amide bonds. The summed E-state index contributed by atoms with van der Waals surface area (Å²) < 4.78 is 29.1. The molecule has 2 aliphatic carbocycles. The largest absolute Gasteiger partial charge is 0.206 e. The monoisotopic (exact) mass is 408 g/mol. The lowest BCUT2D eigenvalue weighted by atomic mass is 9.92. The Morgan fingerprint density at radius 3 is 1.27 bits per heavy atom. The molecule has 0 saturated carbocycles. The first-order valence-corrected chi connectivity index (χ1v) is 10.4. The third-order valence-corrected chi connectivity index (χ3v) is 5.08. The van der Waals surface area contributed by atoms with Crippen LogP contribution in [0.15, 0.2) is 119 Å². The van der Waals surface area contributed by atoms with E-state index in [1.54, 1.807) is 0 Å². The first-order chi connectivity index (χ1) is 14.2. The second-order valence-electron chi connectivity index (χ2n) is 7.40. The maximum atomic E-state index is 14.6. The molecule has 0 aromatic rings. The van der Waals surface area contributed by atoms with E-state index in [0.29, 0.717) is 22.3 Å². The molecule has 2 rings (SSSR count). The van der Waals surface area contributed by atoms with Crippen molar-refractivity contribution in [3.8, 4) is 0 Å². The zero-order valence-corrected chi connectivity index (χ0v) is 18.9. The normalized spacial score (nSPS) is 16.9. The Balaban J connectivity index is 0.00000218. The maximum Gasteiger partial charge on any atom is 0.130 e. The van der Waals surface area contributed by atoms with E-state index in [0.717, 1.165) is 36.8 Å². The average molecular weight is 409 g/mol. The first-order valence-electron chi connectivity index (χ1n) is 10.4. The highest BCUT2D eigenvalue weighted by molar-refractivity contribution is 5.54. The fourth-order valence-electron chi connectivity index (χ4n) is 2.96. The van der Waals surface area contributed by atoms with Crippen LogP contribution >= 0.6 is 0 Å². The molecule has 2 aliphatic rings. The molecule has 30 heavy (non-hydrogen) atoms. The molecule has 0 nitrogen and oxygen atoms in total. The second-order valence-corrected chi connectivity index (χ2v) is 7.40. The van der Waals surface area contributed by atoms with Crippen LogP contribution in [-0.4, -0.2) is 0 Å². The first kappa shape index (κ1) is 25.3. The van der Waals surface area contributed by atoms with Crippen molar-refractivity contribution in [2.45, 2.75) is 53.4 Å². The smallest absolute Gasteiger partial charge is 0.130 e. The van der Waals surface area contributed by atoms with Gasteiger partial charge in [0, 0.05) is 11.1 Å². The summed E-state index contributed by atoms with van der Waals surface area (Å²) in [5, 5.41) is 0. The molecule has 0 aliphatic heterocycles. The van der Waals surface area contributed by atoms with E-state index in [9.17, 15) is 8.78 Å². The van der Waals surface area contributed by atoms with Crippen molar-refractivity contribution in [1.29, 1.82) is 0 Å². The summed E-state index contributed by atoms with van der Waals surface area (Å²) in [5.74, 6) is -0.956. The van der Waals surface area contributed by atoms with Crippen molar-refractivity contribution < 1.29 is 8.78 Å². The number of hydrogen-bond acceptors (Lipinski definition) is 0. The summed E-state index contributed by atoms with van der Waals surface area (Å²) >= 11 is 0. The van der Waals surface area contributed by atoms with E-state index < -0.39 is 11.7 Å². The molecule has 0 aromatic carbocycles. The molecule has 0 aromatic heterocycles. The molecule has 0 atom stereocenters. The Labute approximate surface area is 181 Å². The van der Waals surface area contributed by atoms with Crippen LogP contribution in [0.4, 0.5) is 8.78 Å². The Morgan fingerprint density at radius 1 is 0.667 bits per heavy atom. The van der Waals surface area contributed by atoms with Gasteiger partial charge in [0.2, 0.25) is 0 Å². The van der Waals surface area contributed by atoms with E-state index in [1.165, 1.54) is 23.3 Å². The molecule has 0 bridgehead atoms. The minimum atomic E-state index is -0.478. The van der Waals surface area contributed by atoms with Gasteiger partial charge in [0.1, 0.15) is 11.7 Å². The van der Waals surface area contributed by atoms with E-state index in [2.05, 4.69) is 26.3 Å². The highest BCUT2D eigenvalue weighted by atomic mass is 19.1. The SMILES string of the molecule is C=C(/C=C(/F)C(=C)C1=CC=C(C)CC1)C(=C)/C=C(/F)C(=C)C1=CC=C(C)CC1.CC. The van der Waals surface area contributed by atoms with Crippen molar-refractivity contribution in [2.75, 3.05) is 0 Å². The summed E-state index contributed by atoms with van der Waals surface area (Å²) in [6, 6.07) is 0. The van der Waals surface area contributed by atoms with E-state index >= 15 is 0 Å². The highest BCUT2D eigenvalue weighted by Gasteiger charge is 2.13. The summed E-state index contributed by atoms with van der Waals surface area (Å²) in [6.45, 7) is 23.4. The highest BCUT2D eigenvalue weighted by Crippen LogP contribution is 2.31. The van der Waals surface area contributed by atoms with Crippen molar-refractivity contribution in [3.63, 3.8) is 0 Å². The van der Waals surface area contributed by atoms with Gasteiger partial charge in [-0.25, -0.2) is 8.78 Å². The summed E-state index contributed by atoms with van der Waals surface area (Å²) in [7, 11) is 0. The van der Waals surface area contributed by atoms with E-state index in [1.807, 2.05) is 52.0 Å². The van der Waals surface area contributed by atoms with E-state index in [-0.39, 0.29) is 0 Å². The standard InChI is InChI=1S/C26H28F2.C2H6/c1-17-7-11-23(12-8-17)21(5)25(27)15-19(3)20(4)16-26(28)22(6)24-13-9-18(2)10-14-24;1-2/h7,9,11,13,15-16H,3-6,8,10,12,14H2,1-2H3;1-2H3/b25-15+,26-16+;. The molecular formula is C28H34F2. The Bertz CT molecular complexity index is 832. The number of hydrogen-bond donors (Lipinski definition) is 0. The molecular weight excluding hydrogens is 374 g/mol. The summed E-state index contributed by atoms with van der Waals surface area (Å²) in [5.41, 5.74) is 5.52. The van der Waals surface area contributed by atoms with Crippen LogP contribution in [0.25, 0.3) is 0 Å². The van der Waals surface area contributed by atoms with Crippen LogP contribution in [0.5, 0.6) is 0 Å². The number of allylic oxidation sites excluding steroid dienone is 16. The molecule has 0 N–H and O–H groups in total. The predicted octanol–water partition coefficient (Wildman–Crippen LogP) is 9.28. The van der Waals surface area contributed by atoms with Crippen molar-refractivity contribution in [3.05, 3.63) is 119 Å². The summed E-state index contributed by atoms with van der Waals surface area (Å²) in [6.07, 6.45) is 13.6. The molecule has 0 fully saturated rings. The van der Waals surface area contributed by atoms with Crippen LogP contribution in [0.2, 0.25) is 0 Å². The van der Waals surface area contributed by atoms with Crippen molar-refractivity contribution >= 4 is 0 Å². The fraction of sp³-hybridized carbons (Fsp3) is 0.286. The lowest BCUT2D eigenvalue weighted by molar-refractivity contribution is 0.648. The van der Waals surface area contributed by atoms with Gasteiger partial charge >= 0.3 is 0 Å². The minimum Gasteiger partial charge on any atom is -0.206 e. The van der Waals surface area contributed by atoms with E-state index in [4.69, 9.17) is 0 Å². The van der Waals surface area contributed by atoms with Gasteiger partial charge in [-0.3, -0.25) is 0 Å². The van der Waals surface area contributed by atoms with Gasteiger partial charge in [-0.05, 0) is 74.0 Å². The number of halogens is 2. The van der Waals surface area contributed by atoms with Crippen LogP contribution in [0.3, 0.4) is 0 Å². The molecule has 0 saturated heterocycles. The summed E-state index contributed by atoms with van der Waals surface area (Å²) in [4.78, 5) is 0. The van der Waals surface area contributed by atoms with Gasteiger partial charge < -0.3 is 0 Å². The van der Waals surface area contributed by atoms with Crippen LogP contribution in [0, 0.1) is 0 Å². The van der Waals surface area contributed by atoms with Crippen LogP contribution < -0.4 is 0 Å². The van der Waals surface area contributed by atoms with Gasteiger partial charge in [0.15, 0.2) is 0 Å². The van der Waals surface area contributed by atoms with Gasteiger partial charge in [-0.2, -0.15) is 0 Å². The van der Waals surface area contributed by atoms with Gasteiger partial charge in [-0.1, -0.05) is 75.6 Å². The fourth-order valence-corrected chi connectivity index (χ4v) is 2.96. The topological polar surface area (TPSA) is 0 Å². The second kappa shape index (κ2) is 12.1. The van der Waals surface area contributed by atoms with Crippen LogP contribution in [-0.2, 0) is 0 Å². The predicted molar refractivity (Wildman–Crippen MR) is 128 cm³/mol. The quantitative estimate of drug-likeness (QED) is 0.368. The van der Waals surface area contributed by atoms with Crippen LogP contribution in [0.1, 0.15) is 53.4 Å². The molecule has 0 spiro atoms. The third kappa shape index (κ3) is 7.26. The molecule has 0 unspecified atom stereocenters. The Kier molecular flexibility index (Phi) is 10.2. The lowest BCUT2D eigenvalue weighted by Gasteiger charge is -2.14. The Morgan fingerprint density at radius 2 is 1.00 bits per heavy atom.